The molecule has 0 radical (unpaired) electrons. The molecule has 0 aliphatic rings. The summed E-state index contributed by atoms with van der Waals surface area (Å²) in [5.41, 5.74) is 9.57. The molecule has 0 saturated carbocycles. The number of halogens is 1. The van der Waals surface area contributed by atoms with Gasteiger partial charge in [-0.15, -0.1) is 0 Å². The van der Waals surface area contributed by atoms with Crippen LogP contribution < -0.4 is 5.73 Å². The van der Waals surface area contributed by atoms with Gasteiger partial charge in [0.25, 0.3) is 0 Å². The van der Waals surface area contributed by atoms with Crippen LogP contribution in [0.2, 0.25) is 0 Å². The van der Waals surface area contributed by atoms with Crippen molar-refractivity contribution in [3.05, 3.63) is 71.0 Å². The number of rotatable bonds is 5. The van der Waals surface area contributed by atoms with Crippen LogP contribution in [-0.2, 0) is 5.75 Å². The van der Waals surface area contributed by atoms with Crippen LogP contribution in [0.1, 0.15) is 22.7 Å². The summed E-state index contributed by atoms with van der Waals surface area (Å²) in [5.74, 6) is 1.50. The summed E-state index contributed by atoms with van der Waals surface area (Å²) >= 11 is 1.78. The number of hydrogen-bond acceptors (Lipinski definition) is 2. The van der Waals surface area contributed by atoms with E-state index in [2.05, 4.69) is 25.1 Å². The quantitative estimate of drug-likeness (QED) is 0.890. The van der Waals surface area contributed by atoms with Gasteiger partial charge in [0.15, 0.2) is 0 Å². The fourth-order valence-electron chi connectivity index (χ4n) is 1.90. The Labute approximate surface area is 118 Å². The molecule has 3 heteroatoms. The van der Waals surface area contributed by atoms with Gasteiger partial charge in [-0.2, -0.15) is 11.8 Å². The third kappa shape index (κ3) is 4.08. The van der Waals surface area contributed by atoms with Crippen LogP contribution in [0.25, 0.3) is 0 Å². The maximum atomic E-state index is 13.1. The number of aryl methyl sites for hydroxylation is 1. The van der Waals surface area contributed by atoms with Crippen LogP contribution in [0.15, 0.2) is 48.5 Å². The summed E-state index contributed by atoms with van der Waals surface area (Å²) in [7, 11) is 0. The van der Waals surface area contributed by atoms with E-state index in [4.69, 9.17) is 5.73 Å². The first-order valence-corrected chi connectivity index (χ1v) is 7.45. The lowest BCUT2D eigenvalue weighted by Crippen LogP contribution is -2.13. The number of benzene rings is 2. The van der Waals surface area contributed by atoms with Gasteiger partial charge < -0.3 is 5.73 Å². The minimum atomic E-state index is -0.225. The van der Waals surface area contributed by atoms with Crippen molar-refractivity contribution in [2.24, 2.45) is 5.73 Å². The fraction of sp³-hybridized carbons (Fsp3) is 0.250. The van der Waals surface area contributed by atoms with Gasteiger partial charge in [-0.05, 0) is 35.7 Å². The Bertz CT molecular complexity index is 542. The smallest absolute Gasteiger partial charge is 0.123 e. The normalized spacial score (nSPS) is 12.4. The highest BCUT2D eigenvalue weighted by Crippen LogP contribution is 2.21. The van der Waals surface area contributed by atoms with E-state index in [1.54, 1.807) is 17.8 Å². The average molecular weight is 275 g/mol. The highest BCUT2D eigenvalue weighted by molar-refractivity contribution is 7.98. The Hall–Kier alpha value is -1.32. The van der Waals surface area contributed by atoms with E-state index in [1.807, 2.05) is 12.1 Å². The Morgan fingerprint density at radius 1 is 1.16 bits per heavy atom. The molecule has 0 amide bonds. The van der Waals surface area contributed by atoms with E-state index in [-0.39, 0.29) is 11.9 Å². The predicted molar refractivity (Wildman–Crippen MR) is 80.7 cm³/mol. The molecule has 0 spiro atoms. The van der Waals surface area contributed by atoms with Crippen LogP contribution >= 0.6 is 11.8 Å². The van der Waals surface area contributed by atoms with Crippen molar-refractivity contribution in [3.63, 3.8) is 0 Å². The monoisotopic (exact) mass is 275 g/mol. The minimum Gasteiger partial charge on any atom is -0.323 e. The molecular weight excluding hydrogens is 257 g/mol. The number of thioether (sulfide) groups is 1. The van der Waals surface area contributed by atoms with Crippen molar-refractivity contribution in [1.29, 1.82) is 0 Å². The van der Waals surface area contributed by atoms with Crippen molar-refractivity contribution in [2.45, 2.75) is 18.7 Å². The molecule has 0 aromatic heterocycles. The lowest BCUT2D eigenvalue weighted by Gasteiger charge is -2.12. The summed E-state index contributed by atoms with van der Waals surface area (Å²) < 4.78 is 13.1. The van der Waals surface area contributed by atoms with Crippen molar-refractivity contribution in [3.8, 4) is 0 Å². The second-order valence-electron chi connectivity index (χ2n) is 4.60. The molecule has 0 saturated heterocycles. The van der Waals surface area contributed by atoms with Gasteiger partial charge in [-0.1, -0.05) is 36.4 Å². The summed E-state index contributed by atoms with van der Waals surface area (Å²) in [6, 6.07) is 14.8. The molecule has 0 heterocycles. The standard InChI is InChI=1S/C16H18FNS/c1-12-5-2-3-6-14(12)10-19-11-16(18)13-7-4-8-15(17)9-13/h2-9,16H,10-11,18H2,1H3. The molecule has 2 N–H and O–H groups in total. The van der Waals surface area contributed by atoms with Crippen molar-refractivity contribution in [1.82, 2.24) is 0 Å². The Balaban J connectivity index is 1.88. The van der Waals surface area contributed by atoms with Crippen molar-refractivity contribution < 1.29 is 4.39 Å². The van der Waals surface area contributed by atoms with Gasteiger partial charge in [0, 0.05) is 17.5 Å². The summed E-state index contributed by atoms with van der Waals surface area (Å²) in [4.78, 5) is 0. The molecule has 100 valence electrons. The third-order valence-corrected chi connectivity index (χ3v) is 4.20. The molecule has 1 nitrogen and oxygen atoms in total. The topological polar surface area (TPSA) is 26.0 Å². The Morgan fingerprint density at radius 2 is 1.95 bits per heavy atom. The zero-order chi connectivity index (χ0) is 13.7. The Kier molecular flexibility index (Phi) is 5.00. The lowest BCUT2D eigenvalue weighted by atomic mass is 10.1. The van der Waals surface area contributed by atoms with Crippen LogP contribution in [0.4, 0.5) is 4.39 Å². The third-order valence-electron chi connectivity index (χ3n) is 3.09. The van der Waals surface area contributed by atoms with Gasteiger partial charge in [0.1, 0.15) is 5.82 Å². The minimum absolute atomic E-state index is 0.121. The van der Waals surface area contributed by atoms with E-state index >= 15 is 0 Å². The maximum Gasteiger partial charge on any atom is 0.123 e. The zero-order valence-electron chi connectivity index (χ0n) is 11.0. The first-order chi connectivity index (χ1) is 9.16. The Morgan fingerprint density at radius 3 is 2.68 bits per heavy atom. The van der Waals surface area contributed by atoms with Crippen LogP contribution in [0.3, 0.4) is 0 Å². The summed E-state index contributed by atoms with van der Waals surface area (Å²) in [5, 5.41) is 0. The van der Waals surface area contributed by atoms with Crippen LogP contribution in [-0.4, -0.2) is 5.75 Å². The highest BCUT2D eigenvalue weighted by Gasteiger charge is 2.07. The first kappa shape index (κ1) is 14.1. The van der Waals surface area contributed by atoms with Gasteiger partial charge in [0.05, 0.1) is 0 Å². The van der Waals surface area contributed by atoms with Gasteiger partial charge in [-0.25, -0.2) is 4.39 Å². The van der Waals surface area contributed by atoms with E-state index in [0.717, 1.165) is 17.1 Å². The molecule has 19 heavy (non-hydrogen) atoms. The lowest BCUT2D eigenvalue weighted by molar-refractivity contribution is 0.622. The largest absolute Gasteiger partial charge is 0.323 e. The van der Waals surface area contributed by atoms with Gasteiger partial charge in [0.2, 0.25) is 0 Å². The van der Waals surface area contributed by atoms with E-state index in [9.17, 15) is 4.39 Å². The number of nitrogens with two attached hydrogens (primary N) is 1. The molecule has 0 aliphatic heterocycles. The summed E-state index contributed by atoms with van der Waals surface area (Å²) in [6.07, 6.45) is 0. The van der Waals surface area contributed by atoms with E-state index < -0.39 is 0 Å². The van der Waals surface area contributed by atoms with Gasteiger partial charge >= 0.3 is 0 Å². The SMILES string of the molecule is Cc1ccccc1CSCC(N)c1cccc(F)c1. The molecule has 1 unspecified atom stereocenters. The molecule has 0 fully saturated rings. The molecule has 2 aromatic rings. The highest BCUT2D eigenvalue weighted by atomic mass is 32.2. The average Bonchev–Trinajstić information content (AvgIpc) is 2.41. The van der Waals surface area contributed by atoms with Crippen molar-refractivity contribution >= 4 is 11.8 Å². The predicted octanol–water partition coefficient (Wildman–Crippen LogP) is 4.07. The second-order valence-corrected chi connectivity index (χ2v) is 5.63. The zero-order valence-corrected chi connectivity index (χ0v) is 11.8. The summed E-state index contributed by atoms with van der Waals surface area (Å²) in [6.45, 7) is 2.11. The molecule has 0 bridgehead atoms. The molecule has 2 aromatic carbocycles. The number of hydrogen-bond donors (Lipinski definition) is 1. The molecular formula is C16H18FNS. The molecule has 1 atom stereocenters. The van der Waals surface area contributed by atoms with Crippen molar-refractivity contribution in [2.75, 3.05) is 5.75 Å². The van der Waals surface area contributed by atoms with E-state index in [1.165, 1.54) is 23.3 Å². The first-order valence-electron chi connectivity index (χ1n) is 6.30. The van der Waals surface area contributed by atoms with Crippen LogP contribution in [0, 0.1) is 12.7 Å². The maximum absolute atomic E-state index is 13.1. The molecule has 2 rings (SSSR count). The van der Waals surface area contributed by atoms with Gasteiger partial charge in [-0.3, -0.25) is 0 Å². The van der Waals surface area contributed by atoms with Crippen LogP contribution in [0.5, 0.6) is 0 Å². The fourth-order valence-corrected chi connectivity index (χ4v) is 3.01. The molecule has 0 aliphatic carbocycles. The second kappa shape index (κ2) is 6.73. The van der Waals surface area contributed by atoms with E-state index in [0.29, 0.717) is 0 Å².